The van der Waals surface area contributed by atoms with Crippen LogP contribution in [0.25, 0.3) is 0 Å². The summed E-state index contributed by atoms with van der Waals surface area (Å²) < 4.78 is 5.72. The predicted octanol–water partition coefficient (Wildman–Crippen LogP) is 2.77. The van der Waals surface area contributed by atoms with Crippen molar-refractivity contribution in [2.45, 2.75) is 25.7 Å². The Morgan fingerprint density at radius 3 is 2.96 bits per heavy atom. The van der Waals surface area contributed by atoms with Crippen LogP contribution in [0.3, 0.4) is 0 Å². The Labute approximate surface area is 136 Å². The molecule has 120 valence electrons. The van der Waals surface area contributed by atoms with E-state index in [0.717, 1.165) is 42.7 Å². The number of nitrogens with one attached hydrogen (secondary N) is 1. The van der Waals surface area contributed by atoms with Crippen LogP contribution in [0.15, 0.2) is 48.7 Å². The Balaban J connectivity index is 1.47. The molecule has 1 aromatic carbocycles. The lowest BCUT2D eigenvalue weighted by Gasteiger charge is -2.13. The fraction of sp³-hybridized carbons (Fsp3) is 0.368. The smallest absolute Gasteiger partial charge is 0.223 e. The first-order chi connectivity index (χ1) is 11.3. The summed E-state index contributed by atoms with van der Waals surface area (Å²) >= 11 is 0. The van der Waals surface area contributed by atoms with Gasteiger partial charge < -0.3 is 10.1 Å². The molecule has 1 aliphatic heterocycles. The molecule has 1 aromatic heterocycles. The minimum Gasteiger partial charge on any atom is -0.493 e. The molecule has 4 nitrogen and oxygen atoms in total. The average Bonchev–Trinajstić information content (AvgIpc) is 2.82. The second-order valence-corrected chi connectivity index (χ2v) is 5.86. The third-order valence-corrected chi connectivity index (χ3v) is 4.17. The van der Waals surface area contributed by atoms with Crippen LogP contribution in [0.2, 0.25) is 0 Å². The lowest BCUT2D eigenvalue weighted by Crippen LogP contribution is -2.33. The van der Waals surface area contributed by atoms with Gasteiger partial charge in [0.2, 0.25) is 5.91 Å². The number of pyridine rings is 1. The van der Waals surface area contributed by atoms with E-state index in [1.54, 1.807) is 6.20 Å². The summed E-state index contributed by atoms with van der Waals surface area (Å²) in [7, 11) is 0. The SMILES string of the molecule is O=C(NCCCc1ccccn1)[C@H]1CCOc2ccccc2C1. The summed E-state index contributed by atoms with van der Waals surface area (Å²) in [6.07, 6.45) is 5.11. The average molecular weight is 310 g/mol. The summed E-state index contributed by atoms with van der Waals surface area (Å²) in [6, 6.07) is 13.9. The van der Waals surface area contributed by atoms with Gasteiger partial charge in [0, 0.05) is 24.4 Å². The van der Waals surface area contributed by atoms with Gasteiger partial charge in [-0.1, -0.05) is 24.3 Å². The summed E-state index contributed by atoms with van der Waals surface area (Å²) in [5, 5.41) is 3.06. The first-order valence-corrected chi connectivity index (χ1v) is 8.21. The maximum Gasteiger partial charge on any atom is 0.223 e. The van der Waals surface area contributed by atoms with E-state index in [0.29, 0.717) is 13.2 Å². The molecule has 23 heavy (non-hydrogen) atoms. The Morgan fingerprint density at radius 2 is 2.09 bits per heavy atom. The number of hydrogen-bond donors (Lipinski definition) is 1. The quantitative estimate of drug-likeness (QED) is 0.864. The van der Waals surface area contributed by atoms with Crippen molar-refractivity contribution in [3.8, 4) is 5.75 Å². The highest BCUT2D eigenvalue weighted by Crippen LogP contribution is 2.26. The lowest BCUT2D eigenvalue weighted by molar-refractivity contribution is -0.125. The minimum absolute atomic E-state index is 0.00602. The maximum atomic E-state index is 12.4. The van der Waals surface area contributed by atoms with Crippen molar-refractivity contribution < 1.29 is 9.53 Å². The van der Waals surface area contributed by atoms with Gasteiger partial charge in [-0.15, -0.1) is 0 Å². The van der Waals surface area contributed by atoms with Gasteiger partial charge in [-0.25, -0.2) is 0 Å². The zero-order valence-corrected chi connectivity index (χ0v) is 13.2. The number of benzene rings is 1. The van der Waals surface area contributed by atoms with Crippen molar-refractivity contribution in [2.75, 3.05) is 13.2 Å². The van der Waals surface area contributed by atoms with Crippen molar-refractivity contribution in [3.63, 3.8) is 0 Å². The molecule has 1 N–H and O–H groups in total. The molecule has 2 aromatic rings. The van der Waals surface area contributed by atoms with Gasteiger partial charge in [0.1, 0.15) is 5.75 Å². The zero-order valence-electron chi connectivity index (χ0n) is 13.2. The van der Waals surface area contributed by atoms with E-state index in [-0.39, 0.29) is 11.8 Å². The van der Waals surface area contributed by atoms with Gasteiger partial charge in [-0.2, -0.15) is 0 Å². The van der Waals surface area contributed by atoms with Crippen LogP contribution in [-0.2, 0) is 17.6 Å². The molecule has 0 saturated heterocycles. The van der Waals surface area contributed by atoms with Gasteiger partial charge in [-0.3, -0.25) is 9.78 Å². The van der Waals surface area contributed by atoms with Crippen molar-refractivity contribution in [1.29, 1.82) is 0 Å². The largest absolute Gasteiger partial charge is 0.493 e. The molecule has 2 heterocycles. The minimum atomic E-state index is -0.00602. The summed E-state index contributed by atoms with van der Waals surface area (Å²) in [5.74, 6) is 1.04. The Hall–Kier alpha value is -2.36. The molecule has 0 unspecified atom stereocenters. The van der Waals surface area contributed by atoms with Crippen LogP contribution in [0.1, 0.15) is 24.1 Å². The van der Waals surface area contributed by atoms with E-state index >= 15 is 0 Å². The number of fused-ring (bicyclic) bond motifs is 1. The number of rotatable bonds is 5. The van der Waals surface area contributed by atoms with Crippen LogP contribution in [0.5, 0.6) is 5.75 Å². The van der Waals surface area contributed by atoms with Crippen LogP contribution >= 0.6 is 0 Å². The molecule has 4 heteroatoms. The molecule has 3 rings (SSSR count). The Morgan fingerprint density at radius 1 is 1.22 bits per heavy atom. The third kappa shape index (κ3) is 4.31. The Bertz CT molecular complexity index is 643. The van der Waals surface area contributed by atoms with Crippen molar-refractivity contribution in [1.82, 2.24) is 10.3 Å². The number of para-hydroxylation sites is 1. The first-order valence-electron chi connectivity index (χ1n) is 8.21. The second-order valence-electron chi connectivity index (χ2n) is 5.86. The molecule has 1 aliphatic rings. The van der Waals surface area contributed by atoms with Crippen molar-refractivity contribution >= 4 is 5.91 Å². The number of carbonyl (C=O) groups is 1. The van der Waals surface area contributed by atoms with Gasteiger partial charge >= 0.3 is 0 Å². The Kier molecular flexibility index (Phi) is 5.25. The zero-order chi connectivity index (χ0) is 15.9. The summed E-state index contributed by atoms with van der Waals surface area (Å²) in [4.78, 5) is 16.7. The topological polar surface area (TPSA) is 51.2 Å². The number of amides is 1. The highest BCUT2D eigenvalue weighted by molar-refractivity contribution is 5.79. The van der Waals surface area contributed by atoms with Crippen LogP contribution < -0.4 is 10.1 Å². The molecule has 0 saturated carbocycles. The predicted molar refractivity (Wildman–Crippen MR) is 89.3 cm³/mol. The molecule has 0 spiro atoms. The highest BCUT2D eigenvalue weighted by atomic mass is 16.5. The van der Waals surface area contributed by atoms with Crippen LogP contribution in [0, 0.1) is 5.92 Å². The van der Waals surface area contributed by atoms with E-state index in [1.807, 2.05) is 42.5 Å². The molecular weight excluding hydrogens is 288 g/mol. The number of hydrogen-bond acceptors (Lipinski definition) is 3. The summed E-state index contributed by atoms with van der Waals surface area (Å²) in [5.41, 5.74) is 2.19. The van der Waals surface area contributed by atoms with Gasteiger partial charge in [-0.05, 0) is 49.4 Å². The van der Waals surface area contributed by atoms with Gasteiger partial charge in [0.05, 0.1) is 6.61 Å². The maximum absolute atomic E-state index is 12.4. The second kappa shape index (κ2) is 7.77. The molecule has 0 radical (unpaired) electrons. The van der Waals surface area contributed by atoms with E-state index < -0.39 is 0 Å². The molecule has 0 fully saturated rings. The van der Waals surface area contributed by atoms with E-state index in [1.165, 1.54) is 0 Å². The van der Waals surface area contributed by atoms with Crippen LogP contribution in [-0.4, -0.2) is 24.0 Å². The third-order valence-electron chi connectivity index (χ3n) is 4.17. The number of aromatic nitrogens is 1. The highest BCUT2D eigenvalue weighted by Gasteiger charge is 2.23. The monoisotopic (exact) mass is 310 g/mol. The van der Waals surface area contributed by atoms with Crippen molar-refractivity contribution in [2.24, 2.45) is 5.92 Å². The molecule has 1 atom stereocenters. The number of ether oxygens (including phenoxy) is 1. The number of nitrogens with zero attached hydrogens (tertiary/aromatic N) is 1. The first kappa shape index (κ1) is 15.5. The fourth-order valence-electron chi connectivity index (χ4n) is 2.89. The van der Waals surface area contributed by atoms with Gasteiger partial charge in [0.15, 0.2) is 0 Å². The van der Waals surface area contributed by atoms with E-state index in [2.05, 4.69) is 10.3 Å². The lowest BCUT2D eigenvalue weighted by atomic mass is 9.96. The van der Waals surface area contributed by atoms with Crippen LogP contribution in [0.4, 0.5) is 0 Å². The number of aryl methyl sites for hydroxylation is 1. The van der Waals surface area contributed by atoms with Gasteiger partial charge in [0.25, 0.3) is 0 Å². The summed E-state index contributed by atoms with van der Waals surface area (Å²) in [6.45, 7) is 1.29. The number of carbonyl (C=O) groups excluding carboxylic acids is 1. The van der Waals surface area contributed by atoms with E-state index in [9.17, 15) is 4.79 Å². The molecule has 0 bridgehead atoms. The van der Waals surface area contributed by atoms with Crippen molar-refractivity contribution in [3.05, 3.63) is 59.9 Å². The molecular formula is C19H22N2O2. The fourth-order valence-corrected chi connectivity index (χ4v) is 2.89. The normalized spacial score (nSPS) is 16.8. The standard InChI is InChI=1S/C19H22N2O2/c22-19(21-12-5-8-17-7-3-4-11-20-17)16-10-13-23-18-9-2-1-6-15(18)14-16/h1-4,6-7,9,11,16H,5,8,10,12-14H2,(H,21,22)/t16-/m0/s1. The molecule has 1 amide bonds. The molecule has 0 aliphatic carbocycles. The van der Waals surface area contributed by atoms with E-state index in [4.69, 9.17) is 4.74 Å².